The highest BCUT2D eigenvalue weighted by Gasteiger charge is 2.34. The standard InChI is InChI=1S/C13H15F4NOS/c14-12-2-1-9(7-11(12)13(15,16)17)8-18-10-3-5-20(19)6-4-10/h1-2,7,10,18H,3-6,8H2. The second kappa shape index (κ2) is 6.22. The molecule has 112 valence electrons. The zero-order chi connectivity index (χ0) is 14.8. The normalized spacial score (nSPS) is 23.8. The Bertz CT molecular complexity index is 494. The third-order valence-corrected chi connectivity index (χ3v) is 4.70. The maximum atomic E-state index is 13.1. The number of alkyl halides is 3. The van der Waals surface area contributed by atoms with E-state index in [9.17, 15) is 21.8 Å². The second-order valence-corrected chi connectivity index (χ2v) is 6.51. The van der Waals surface area contributed by atoms with Crippen LogP contribution in [0.15, 0.2) is 18.2 Å². The molecule has 1 N–H and O–H groups in total. The first-order valence-corrected chi connectivity index (χ1v) is 7.79. The van der Waals surface area contributed by atoms with E-state index in [4.69, 9.17) is 0 Å². The molecule has 0 aromatic heterocycles. The highest BCUT2D eigenvalue weighted by atomic mass is 32.2. The summed E-state index contributed by atoms with van der Waals surface area (Å²) in [7, 11) is -0.766. The van der Waals surface area contributed by atoms with Gasteiger partial charge in [-0.1, -0.05) is 6.07 Å². The highest BCUT2D eigenvalue weighted by molar-refractivity contribution is 7.85. The van der Waals surface area contributed by atoms with E-state index in [1.165, 1.54) is 6.07 Å². The molecule has 2 nitrogen and oxygen atoms in total. The molecule has 0 spiro atoms. The molecule has 2 rings (SSSR count). The molecular formula is C13H15F4NOS. The van der Waals surface area contributed by atoms with Gasteiger partial charge in [0, 0.05) is 34.9 Å². The fraction of sp³-hybridized carbons (Fsp3) is 0.538. The van der Waals surface area contributed by atoms with Crippen LogP contribution >= 0.6 is 0 Å². The van der Waals surface area contributed by atoms with Crippen molar-refractivity contribution in [3.8, 4) is 0 Å². The Labute approximate surface area is 117 Å². The summed E-state index contributed by atoms with van der Waals surface area (Å²) in [5.41, 5.74) is -0.841. The maximum absolute atomic E-state index is 13.1. The molecule has 1 saturated heterocycles. The third-order valence-electron chi connectivity index (χ3n) is 3.32. The van der Waals surface area contributed by atoms with Gasteiger partial charge in [-0.15, -0.1) is 0 Å². The van der Waals surface area contributed by atoms with Crippen LogP contribution in [0.2, 0.25) is 0 Å². The predicted molar refractivity (Wildman–Crippen MR) is 69.1 cm³/mol. The molecule has 0 bridgehead atoms. The van der Waals surface area contributed by atoms with Crippen LogP contribution in [-0.2, 0) is 23.5 Å². The van der Waals surface area contributed by atoms with Gasteiger partial charge in [-0.05, 0) is 30.5 Å². The molecule has 0 atom stereocenters. The minimum atomic E-state index is -4.68. The number of benzene rings is 1. The molecule has 0 saturated carbocycles. The van der Waals surface area contributed by atoms with Crippen LogP contribution in [-0.4, -0.2) is 21.8 Å². The van der Waals surface area contributed by atoms with E-state index in [0.717, 1.165) is 25.0 Å². The van der Waals surface area contributed by atoms with Crippen molar-refractivity contribution in [2.45, 2.75) is 31.6 Å². The minimum Gasteiger partial charge on any atom is -0.310 e. The molecule has 7 heteroatoms. The topological polar surface area (TPSA) is 29.1 Å². The Hall–Kier alpha value is -0.950. The lowest BCUT2D eigenvalue weighted by atomic mass is 10.1. The van der Waals surface area contributed by atoms with Crippen molar-refractivity contribution < 1.29 is 21.8 Å². The first-order chi connectivity index (χ1) is 9.36. The smallest absolute Gasteiger partial charge is 0.310 e. The average Bonchev–Trinajstić information content (AvgIpc) is 2.38. The maximum Gasteiger partial charge on any atom is 0.419 e. The molecule has 20 heavy (non-hydrogen) atoms. The first kappa shape index (κ1) is 15.4. The van der Waals surface area contributed by atoms with Crippen LogP contribution in [0.4, 0.5) is 17.6 Å². The predicted octanol–water partition coefficient (Wildman–Crippen LogP) is 2.85. The monoisotopic (exact) mass is 309 g/mol. The van der Waals surface area contributed by atoms with E-state index < -0.39 is 28.4 Å². The molecular weight excluding hydrogens is 294 g/mol. The Balaban J connectivity index is 1.98. The average molecular weight is 309 g/mol. The van der Waals surface area contributed by atoms with Crippen LogP contribution in [0.25, 0.3) is 0 Å². The van der Waals surface area contributed by atoms with Gasteiger partial charge < -0.3 is 5.32 Å². The van der Waals surface area contributed by atoms with Gasteiger partial charge in [0.15, 0.2) is 0 Å². The molecule has 1 aromatic rings. The van der Waals surface area contributed by atoms with Crippen LogP contribution in [0.3, 0.4) is 0 Å². The number of nitrogens with one attached hydrogen (secondary N) is 1. The minimum absolute atomic E-state index is 0.159. The quantitative estimate of drug-likeness (QED) is 0.870. The van der Waals surface area contributed by atoms with Gasteiger partial charge in [-0.25, -0.2) is 4.39 Å². The molecule has 1 heterocycles. The summed E-state index contributed by atoms with van der Waals surface area (Å²) >= 11 is 0. The summed E-state index contributed by atoms with van der Waals surface area (Å²) in [4.78, 5) is 0. The summed E-state index contributed by atoms with van der Waals surface area (Å²) in [6.45, 7) is 0.251. The van der Waals surface area contributed by atoms with Crippen LogP contribution in [0.1, 0.15) is 24.0 Å². The number of hydrogen-bond donors (Lipinski definition) is 1. The van der Waals surface area contributed by atoms with Gasteiger partial charge in [-0.2, -0.15) is 13.2 Å². The molecule has 1 aliphatic rings. The van der Waals surface area contributed by atoms with Gasteiger partial charge in [0.05, 0.1) is 5.56 Å². The van der Waals surface area contributed by atoms with E-state index in [0.29, 0.717) is 17.1 Å². The van der Waals surface area contributed by atoms with Crippen LogP contribution in [0.5, 0.6) is 0 Å². The van der Waals surface area contributed by atoms with Gasteiger partial charge in [0.2, 0.25) is 0 Å². The largest absolute Gasteiger partial charge is 0.419 e. The van der Waals surface area contributed by atoms with Gasteiger partial charge in [0.1, 0.15) is 5.82 Å². The molecule has 0 radical (unpaired) electrons. The second-order valence-electron chi connectivity index (χ2n) is 4.82. The molecule has 1 fully saturated rings. The Morgan fingerprint density at radius 3 is 2.50 bits per heavy atom. The van der Waals surface area contributed by atoms with Crippen LogP contribution in [0, 0.1) is 5.82 Å². The SMILES string of the molecule is O=S1CCC(NCc2ccc(F)c(C(F)(F)F)c2)CC1. The molecule has 0 aliphatic carbocycles. The number of halogens is 4. The zero-order valence-electron chi connectivity index (χ0n) is 10.7. The van der Waals surface area contributed by atoms with Crippen molar-refractivity contribution in [2.75, 3.05) is 11.5 Å². The highest BCUT2D eigenvalue weighted by Crippen LogP contribution is 2.31. The summed E-state index contributed by atoms with van der Waals surface area (Å²) in [5.74, 6) is -0.0154. The summed E-state index contributed by atoms with van der Waals surface area (Å²) in [6.07, 6.45) is -3.18. The summed E-state index contributed by atoms with van der Waals surface area (Å²) < 4.78 is 62.0. The first-order valence-electron chi connectivity index (χ1n) is 6.30. The van der Waals surface area contributed by atoms with Gasteiger partial charge in [0.25, 0.3) is 0 Å². The Morgan fingerprint density at radius 1 is 1.25 bits per heavy atom. The fourth-order valence-corrected chi connectivity index (χ4v) is 3.46. The lowest BCUT2D eigenvalue weighted by molar-refractivity contribution is -0.140. The van der Waals surface area contributed by atoms with Gasteiger partial charge in [-0.3, -0.25) is 4.21 Å². The van der Waals surface area contributed by atoms with Gasteiger partial charge >= 0.3 is 6.18 Å². The van der Waals surface area contributed by atoms with Crippen molar-refractivity contribution in [2.24, 2.45) is 0 Å². The van der Waals surface area contributed by atoms with Crippen molar-refractivity contribution in [1.29, 1.82) is 0 Å². The molecule has 1 aliphatic heterocycles. The summed E-state index contributed by atoms with van der Waals surface area (Å²) in [5, 5.41) is 3.13. The molecule has 0 unspecified atom stereocenters. The Kier molecular flexibility index (Phi) is 4.80. The van der Waals surface area contributed by atoms with Crippen LogP contribution < -0.4 is 5.32 Å². The fourth-order valence-electron chi connectivity index (χ4n) is 2.16. The van der Waals surface area contributed by atoms with Crippen molar-refractivity contribution in [3.63, 3.8) is 0 Å². The van der Waals surface area contributed by atoms with Crippen molar-refractivity contribution >= 4 is 10.8 Å². The zero-order valence-corrected chi connectivity index (χ0v) is 11.5. The van der Waals surface area contributed by atoms with Crippen molar-refractivity contribution in [1.82, 2.24) is 5.32 Å². The third kappa shape index (κ3) is 4.02. The number of hydrogen-bond acceptors (Lipinski definition) is 2. The van der Waals surface area contributed by atoms with E-state index in [1.54, 1.807) is 0 Å². The summed E-state index contributed by atoms with van der Waals surface area (Å²) in [6, 6.07) is 3.18. The lowest BCUT2D eigenvalue weighted by Crippen LogP contribution is -2.35. The van der Waals surface area contributed by atoms with Crippen molar-refractivity contribution in [3.05, 3.63) is 35.1 Å². The molecule has 1 aromatic carbocycles. The molecule has 0 amide bonds. The number of rotatable bonds is 3. The van der Waals surface area contributed by atoms with E-state index in [2.05, 4.69) is 5.32 Å². The van der Waals surface area contributed by atoms with E-state index >= 15 is 0 Å². The van der Waals surface area contributed by atoms with E-state index in [-0.39, 0.29) is 12.6 Å². The van der Waals surface area contributed by atoms with E-state index in [1.807, 2.05) is 0 Å². The Morgan fingerprint density at radius 2 is 1.90 bits per heavy atom. The lowest BCUT2D eigenvalue weighted by Gasteiger charge is -2.22.